The van der Waals surface area contributed by atoms with Crippen molar-refractivity contribution in [3.63, 3.8) is 0 Å². The van der Waals surface area contributed by atoms with Crippen LogP contribution in [0.2, 0.25) is 0 Å². The Hall–Kier alpha value is -1.51. The average molecular weight is 280 g/mol. The number of anilines is 1. The summed E-state index contributed by atoms with van der Waals surface area (Å²) in [5.74, 6) is 2.62. The predicted octanol–water partition coefficient (Wildman–Crippen LogP) is 2.20. The minimum Gasteiger partial charge on any atom is -0.370 e. The Kier molecular flexibility index (Phi) is 4.61. The summed E-state index contributed by atoms with van der Waals surface area (Å²) in [5, 5.41) is 3.14. The second kappa shape index (κ2) is 5.64. The lowest BCUT2D eigenvalue weighted by atomic mass is 10.1. The van der Waals surface area contributed by atoms with Gasteiger partial charge in [-0.2, -0.15) is 0 Å². The maximum absolute atomic E-state index is 11.9. The number of terminal acetylenes is 1. The summed E-state index contributed by atoms with van der Waals surface area (Å²) in [6, 6.07) is 6.38. The molecule has 5 heteroatoms. The van der Waals surface area contributed by atoms with Crippen molar-refractivity contribution in [3.05, 3.63) is 24.3 Å². The Bertz CT molecular complexity index is 566. The van der Waals surface area contributed by atoms with Crippen LogP contribution in [0.25, 0.3) is 0 Å². The van der Waals surface area contributed by atoms with Crippen LogP contribution in [0.4, 0.5) is 5.69 Å². The molecule has 0 aromatic heterocycles. The molecule has 0 fully saturated rings. The molecule has 0 atom stereocenters. The van der Waals surface area contributed by atoms with Gasteiger partial charge >= 0.3 is 0 Å². The van der Waals surface area contributed by atoms with Crippen LogP contribution in [0.1, 0.15) is 27.7 Å². The third-order valence-corrected chi connectivity index (χ3v) is 4.05. The summed E-state index contributed by atoms with van der Waals surface area (Å²) in [4.78, 5) is 0.241. The monoisotopic (exact) mass is 280 g/mol. The summed E-state index contributed by atoms with van der Waals surface area (Å²) >= 11 is 0. The molecule has 0 radical (unpaired) electrons. The molecule has 0 spiro atoms. The highest BCUT2D eigenvalue weighted by atomic mass is 32.2. The predicted molar refractivity (Wildman–Crippen MR) is 78.4 cm³/mol. The Balaban J connectivity index is 2.92. The number of rotatable bonds is 5. The van der Waals surface area contributed by atoms with Crippen molar-refractivity contribution in [2.75, 3.05) is 5.32 Å². The second-order valence-corrected chi connectivity index (χ2v) is 6.91. The van der Waals surface area contributed by atoms with Gasteiger partial charge in [0.25, 0.3) is 0 Å². The molecule has 19 heavy (non-hydrogen) atoms. The number of benzene rings is 1. The van der Waals surface area contributed by atoms with Crippen molar-refractivity contribution < 1.29 is 8.42 Å². The molecule has 1 aromatic rings. The van der Waals surface area contributed by atoms with Crippen LogP contribution in [-0.2, 0) is 10.0 Å². The third kappa shape index (κ3) is 4.58. The Morgan fingerprint density at radius 3 is 2.16 bits per heavy atom. The number of sulfonamides is 1. The van der Waals surface area contributed by atoms with Crippen molar-refractivity contribution in [1.29, 1.82) is 0 Å². The lowest BCUT2D eigenvalue weighted by Gasteiger charge is -2.21. The van der Waals surface area contributed by atoms with Crippen LogP contribution >= 0.6 is 0 Å². The maximum Gasteiger partial charge on any atom is 0.240 e. The highest BCUT2D eigenvalue weighted by Crippen LogP contribution is 2.17. The largest absolute Gasteiger partial charge is 0.370 e. The molecule has 104 valence electrons. The van der Waals surface area contributed by atoms with Gasteiger partial charge in [0, 0.05) is 11.7 Å². The molecule has 0 heterocycles. The van der Waals surface area contributed by atoms with Crippen LogP contribution < -0.4 is 10.0 Å². The number of nitrogens with one attached hydrogen (secondary N) is 2. The second-order valence-electron chi connectivity index (χ2n) is 5.19. The van der Waals surface area contributed by atoms with Gasteiger partial charge in [0.15, 0.2) is 0 Å². The molecule has 1 aromatic carbocycles. The molecule has 0 unspecified atom stereocenters. The standard InChI is InChI=1S/C14H20N2O2S/c1-6-14(4,5)15-12-7-9-13(10-8-12)19(17,18)16-11(2)3/h1,7-11,15-16H,2-5H3. The van der Waals surface area contributed by atoms with Crippen molar-refractivity contribution in [2.24, 2.45) is 0 Å². The molecule has 0 amide bonds. The van der Waals surface area contributed by atoms with E-state index in [2.05, 4.69) is 16.0 Å². The van der Waals surface area contributed by atoms with Crippen LogP contribution in [0.5, 0.6) is 0 Å². The van der Waals surface area contributed by atoms with E-state index in [1.807, 2.05) is 13.8 Å². The van der Waals surface area contributed by atoms with E-state index in [0.717, 1.165) is 5.69 Å². The van der Waals surface area contributed by atoms with E-state index in [0.29, 0.717) is 0 Å². The zero-order chi connectivity index (χ0) is 14.7. The fraction of sp³-hybridized carbons (Fsp3) is 0.429. The first-order valence-electron chi connectivity index (χ1n) is 6.04. The van der Waals surface area contributed by atoms with E-state index in [1.54, 1.807) is 38.1 Å². The minimum absolute atomic E-state index is 0.136. The molecular formula is C14H20N2O2S. The molecular weight excluding hydrogens is 260 g/mol. The van der Waals surface area contributed by atoms with Gasteiger partial charge in [0.2, 0.25) is 10.0 Å². The molecule has 1 rings (SSSR count). The van der Waals surface area contributed by atoms with Crippen molar-refractivity contribution in [2.45, 2.75) is 44.2 Å². The van der Waals surface area contributed by atoms with E-state index in [9.17, 15) is 8.42 Å². The average Bonchev–Trinajstić information content (AvgIpc) is 2.27. The first kappa shape index (κ1) is 15.5. The summed E-state index contributed by atoms with van der Waals surface area (Å²) < 4.78 is 26.4. The van der Waals surface area contributed by atoms with E-state index >= 15 is 0 Å². The quantitative estimate of drug-likeness (QED) is 0.813. The molecule has 0 aliphatic heterocycles. The smallest absolute Gasteiger partial charge is 0.240 e. The van der Waals surface area contributed by atoms with Gasteiger partial charge in [-0.25, -0.2) is 13.1 Å². The zero-order valence-electron chi connectivity index (χ0n) is 11.7. The van der Waals surface area contributed by atoms with Gasteiger partial charge < -0.3 is 5.32 Å². The molecule has 0 bridgehead atoms. The van der Waals surface area contributed by atoms with E-state index < -0.39 is 15.6 Å². The van der Waals surface area contributed by atoms with Gasteiger partial charge in [0.1, 0.15) is 0 Å². The highest BCUT2D eigenvalue weighted by Gasteiger charge is 2.16. The fourth-order valence-corrected chi connectivity index (χ4v) is 2.74. The van der Waals surface area contributed by atoms with Crippen LogP contribution in [0.15, 0.2) is 29.2 Å². The normalized spacial score (nSPS) is 12.2. The molecule has 0 aliphatic rings. The maximum atomic E-state index is 11.9. The Labute approximate surface area is 115 Å². The van der Waals surface area contributed by atoms with Gasteiger partial charge in [-0.05, 0) is 52.0 Å². The first-order chi connectivity index (χ1) is 8.66. The lowest BCUT2D eigenvalue weighted by molar-refractivity contribution is 0.570. The molecule has 4 nitrogen and oxygen atoms in total. The van der Waals surface area contributed by atoms with E-state index in [4.69, 9.17) is 6.42 Å². The highest BCUT2D eigenvalue weighted by molar-refractivity contribution is 7.89. The van der Waals surface area contributed by atoms with Crippen molar-refractivity contribution >= 4 is 15.7 Å². The first-order valence-corrected chi connectivity index (χ1v) is 7.53. The van der Waals surface area contributed by atoms with E-state index in [-0.39, 0.29) is 10.9 Å². The van der Waals surface area contributed by atoms with E-state index in [1.165, 1.54) is 0 Å². The minimum atomic E-state index is -3.44. The summed E-state index contributed by atoms with van der Waals surface area (Å²) in [5.41, 5.74) is 0.308. The summed E-state index contributed by atoms with van der Waals surface area (Å²) in [6.45, 7) is 7.31. The summed E-state index contributed by atoms with van der Waals surface area (Å²) in [7, 11) is -3.44. The summed E-state index contributed by atoms with van der Waals surface area (Å²) in [6.07, 6.45) is 5.39. The van der Waals surface area contributed by atoms with Gasteiger partial charge in [-0.3, -0.25) is 0 Å². The molecule has 2 N–H and O–H groups in total. The van der Waals surface area contributed by atoms with Crippen LogP contribution in [0.3, 0.4) is 0 Å². The topological polar surface area (TPSA) is 58.2 Å². The third-order valence-electron chi connectivity index (χ3n) is 2.37. The molecule has 0 saturated carbocycles. The Morgan fingerprint density at radius 1 is 1.21 bits per heavy atom. The zero-order valence-corrected chi connectivity index (χ0v) is 12.5. The van der Waals surface area contributed by atoms with Gasteiger partial charge in [-0.15, -0.1) is 6.42 Å². The number of hydrogen-bond donors (Lipinski definition) is 2. The van der Waals surface area contributed by atoms with Crippen molar-refractivity contribution in [1.82, 2.24) is 4.72 Å². The van der Waals surface area contributed by atoms with Crippen LogP contribution in [-0.4, -0.2) is 20.0 Å². The molecule has 0 saturated heterocycles. The SMILES string of the molecule is C#CC(C)(C)Nc1ccc(S(=O)(=O)NC(C)C)cc1. The fourth-order valence-electron chi connectivity index (χ4n) is 1.49. The van der Waals surface area contributed by atoms with Gasteiger partial charge in [-0.1, -0.05) is 5.92 Å². The number of hydrogen-bond acceptors (Lipinski definition) is 3. The molecule has 0 aliphatic carbocycles. The van der Waals surface area contributed by atoms with Gasteiger partial charge in [0.05, 0.1) is 10.4 Å². The van der Waals surface area contributed by atoms with Crippen LogP contribution in [0, 0.1) is 12.3 Å². The Morgan fingerprint density at radius 2 is 1.74 bits per heavy atom. The van der Waals surface area contributed by atoms with Crippen molar-refractivity contribution in [3.8, 4) is 12.3 Å². The lowest BCUT2D eigenvalue weighted by Crippen LogP contribution is -2.30.